The van der Waals surface area contributed by atoms with Gasteiger partial charge in [-0.3, -0.25) is 4.40 Å². The molecule has 0 N–H and O–H groups in total. The summed E-state index contributed by atoms with van der Waals surface area (Å²) in [5.74, 6) is 1.29. The first-order valence-electron chi connectivity index (χ1n) is 13.4. The Kier molecular flexibility index (Phi) is 4.68. The third-order valence-electron chi connectivity index (χ3n) is 7.91. The summed E-state index contributed by atoms with van der Waals surface area (Å²) in [6.45, 7) is 4.47. The number of rotatable bonds is 3. The fraction of sp³-hybridized carbons (Fsp3) is 0.0857. The lowest BCUT2D eigenvalue weighted by molar-refractivity contribution is 0.670. The molecular formula is C35H25N3O. The van der Waals surface area contributed by atoms with Crippen LogP contribution in [0.25, 0.3) is 71.8 Å². The molecule has 3 heterocycles. The Bertz CT molecular complexity index is 2200. The summed E-state index contributed by atoms with van der Waals surface area (Å²) in [6, 6.07) is 38.4. The van der Waals surface area contributed by atoms with Gasteiger partial charge in [0.1, 0.15) is 11.2 Å². The first kappa shape index (κ1) is 22.1. The van der Waals surface area contributed by atoms with E-state index >= 15 is 0 Å². The normalized spacial score (nSPS) is 12.1. The maximum Gasteiger partial charge on any atom is 0.169 e. The maximum absolute atomic E-state index is 6.29. The zero-order valence-corrected chi connectivity index (χ0v) is 21.7. The molecular weight excluding hydrogens is 478 g/mol. The minimum Gasteiger partial charge on any atom is -0.455 e. The van der Waals surface area contributed by atoms with Gasteiger partial charge >= 0.3 is 0 Å². The van der Waals surface area contributed by atoms with E-state index in [1.807, 2.05) is 12.1 Å². The molecule has 0 aliphatic heterocycles. The van der Waals surface area contributed by atoms with Gasteiger partial charge in [-0.1, -0.05) is 105 Å². The van der Waals surface area contributed by atoms with Crippen molar-refractivity contribution in [3.05, 3.63) is 115 Å². The van der Waals surface area contributed by atoms with E-state index in [0.717, 1.165) is 61.0 Å². The van der Waals surface area contributed by atoms with Gasteiger partial charge in [-0.15, -0.1) is 10.2 Å². The number of nitrogens with zero attached hydrogens (tertiary/aromatic N) is 3. The van der Waals surface area contributed by atoms with E-state index in [0.29, 0.717) is 5.92 Å². The molecule has 8 aromatic rings. The number of fused-ring (bicyclic) bond motifs is 9. The maximum atomic E-state index is 6.29. The predicted octanol–water partition coefficient (Wildman–Crippen LogP) is 9.39. The molecule has 0 saturated carbocycles. The van der Waals surface area contributed by atoms with Crippen LogP contribution in [0.3, 0.4) is 0 Å². The Labute approximate surface area is 225 Å². The third kappa shape index (κ3) is 3.25. The highest BCUT2D eigenvalue weighted by molar-refractivity contribution is 6.12. The number of furan rings is 1. The molecule has 0 bridgehead atoms. The Morgan fingerprint density at radius 1 is 0.615 bits per heavy atom. The molecule has 0 atom stereocenters. The molecule has 0 saturated heterocycles. The van der Waals surface area contributed by atoms with Crippen molar-refractivity contribution in [2.45, 2.75) is 19.8 Å². The topological polar surface area (TPSA) is 43.3 Å². The Hall–Kier alpha value is -4.96. The highest BCUT2D eigenvalue weighted by atomic mass is 16.3. The van der Waals surface area contributed by atoms with E-state index in [4.69, 9.17) is 9.52 Å². The number of hydrogen-bond donors (Lipinski definition) is 0. The molecule has 0 fully saturated rings. The lowest BCUT2D eigenvalue weighted by Crippen LogP contribution is -1.96. The Balaban J connectivity index is 1.32. The van der Waals surface area contributed by atoms with Crippen LogP contribution in [0.5, 0.6) is 0 Å². The fourth-order valence-corrected chi connectivity index (χ4v) is 5.88. The summed E-state index contributed by atoms with van der Waals surface area (Å²) in [7, 11) is 0. The summed E-state index contributed by atoms with van der Waals surface area (Å²) in [4.78, 5) is 0. The third-order valence-corrected chi connectivity index (χ3v) is 7.91. The van der Waals surface area contributed by atoms with Crippen LogP contribution < -0.4 is 0 Å². The molecule has 0 radical (unpaired) electrons. The van der Waals surface area contributed by atoms with Gasteiger partial charge in [0.2, 0.25) is 0 Å². The second-order valence-electron chi connectivity index (χ2n) is 10.5. The SMILES string of the molecule is CC(C)c1ccc2c(c1)c1ccccc1c1nnc(-c3ccc(-c4cccc5c4oc4ccccc45)cc3)n21. The molecule has 0 aliphatic carbocycles. The first-order chi connectivity index (χ1) is 19.2. The lowest BCUT2D eigenvalue weighted by Gasteiger charge is -2.13. The van der Waals surface area contributed by atoms with Gasteiger partial charge in [-0.25, -0.2) is 0 Å². The van der Waals surface area contributed by atoms with Crippen molar-refractivity contribution in [2.75, 3.05) is 0 Å². The summed E-state index contributed by atoms with van der Waals surface area (Å²) in [6.07, 6.45) is 0. The molecule has 5 aromatic carbocycles. The zero-order valence-electron chi connectivity index (χ0n) is 21.7. The van der Waals surface area contributed by atoms with Crippen molar-refractivity contribution >= 4 is 49.3 Å². The first-order valence-corrected chi connectivity index (χ1v) is 13.4. The van der Waals surface area contributed by atoms with Crippen LogP contribution in [-0.2, 0) is 0 Å². The van der Waals surface area contributed by atoms with E-state index in [1.54, 1.807) is 0 Å². The molecule has 3 aromatic heterocycles. The van der Waals surface area contributed by atoms with Crippen LogP contribution in [0.4, 0.5) is 0 Å². The van der Waals surface area contributed by atoms with Crippen LogP contribution in [0.1, 0.15) is 25.3 Å². The highest BCUT2D eigenvalue weighted by Gasteiger charge is 2.17. The van der Waals surface area contributed by atoms with Gasteiger partial charge in [0.05, 0.1) is 5.52 Å². The Morgan fingerprint density at radius 3 is 2.15 bits per heavy atom. The van der Waals surface area contributed by atoms with E-state index in [1.165, 1.54) is 16.3 Å². The van der Waals surface area contributed by atoms with Crippen LogP contribution in [0, 0.1) is 0 Å². The van der Waals surface area contributed by atoms with Crippen LogP contribution in [0.2, 0.25) is 0 Å². The van der Waals surface area contributed by atoms with Crippen LogP contribution in [-0.4, -0.2) is 14.6 Å². The second kappa shape index (κ2) is 8.27. The number of benzene rings is 5. The molecule has 4 nitrogen and oxygen atoms in total. The van der Waals surface area contributed by atoms with Crippen molar-refractivity contribution in [2.24, 2.45) is 0 Å². The average Bonchev–Trinajstić information content (AvgIpc) is 3.60. The average molecular weight is 504 g/mol. The van der Waals surface area contributed by atoms with Gasteiger partial charge in [0.25, 0.3) is 0 Å². The number of pyridine rings is 1. The second-order valence-corrected chi connectivity index (χ2v) is 10.5. The van der Waals surface area contributed by atoms with E-state index in [-0.39, 0.29) is 0 Å². The summed E-state index contributed by atoms with van der Waals surface area (Å²) in [5, 5.41) is 15.2. The van der Waals surface area contributed by atoms with Crippen LogP contribution in [0.15, 0.2) is 114 Å². The monoisotopic (exact) mass is 503 g/mol. The standard InChI is InChI=1S/C35H25N3O/c1-21(2)24-18-19-31-30(20-24)26-8-3-4-10-29(26)35-37-36-34(38(31)35)23-16-14-22(15-17-23)25-11-7-12-28-27-9-5-6-13-32(27)39-33(25)28/h3-21H,1-2H3. The summed E-state index contributed by atoms with van der Waals surface area (Å²) >= 11 is 0. The van der Waals surface area contributed by atoms with Crippen molar-refractivity contribution in [3.63, 3.8) is 0 Å². The largest absolute Gasteiger partial charge is 0.455 e. The number of para-hydroxylation sites is 2. The molecule has 8 rings (SSSR count). The van der Waals surface area contributed by atoms with Gasteiger partial charge in [0, 0.05) is 32.7 Å². The van der Waals surface area contributed by atoms with Gasteiger partial charge < -0.3 is 4.42 Å². The van der Waals surface area contributed by atoms with E-state index in [9.17, 15) is 0 Å². The minimum absolute atomic E-state index is 0.452. The van der Waals surface area contributed by atoms with Gasteiger partial charge in [-0.05, 0) is 40.6 Å². The summed E-state index contributed by atoms with van der Waals surface area (Å²) in [5.41, 5.74) is 8.35. The molecule has 0 aliphatic rings. The van der Waals surface area contributed by atoms with E-state index < -0.39 is 0 Å². The quantitative estimate of drug-likeness (QED) is 0.226. The van der Waals surface area contributed by atoms with Crippen molar-refractivity contribution in [3.8, 4) is 22.5 Å². The van der Waals surface area contributed by atoms with Crippen LogP contribution >= 0.6 is 0 Å². The van der Waals surface area contributed by atoms with E-state index in [2.05, 4.69) is 120 Å². The molecule has 186 valence electrons. The lowest BCUT2D eigenvalue weighted by atomic mass is 9.98. The molecule has 4 heteroatoms. The van der Waals surface area contributed by atoms with Crippen molar-refractivity contribution in [1.29, 1.82) is 0 Å². The molecule has 0 unspecified atom stereocenters. The van der Waals surface area contributed by atoms with Gasteiger partial charge in [0.15, 0.2) is 11.5 Å². The van der Waals surface area contributed by atoms with Gasteiger partial charge in [-0.2, -0.15) is 0 Å². The fourth-order valence-electron chi connectivity index (χ4n) is 5.88. The summed E-state index contributed by atoms with van der Waals surface area (Å²) < 4.78 is 8.49. The Morgan fingerprint density at radius 2 is 1.33 bits per heavy atom. The zero-order chi connectivity index (χ0) is 26.1. The molecule has 0 spiro atoms. The van der Waals surface area contributed by atoms with Crippen molar-refractivity contribution in [1.82, 2.24) is 14.6 Å². The number of hydrogen-bond acceptors (Lipinski definition) is 3. The number of aromatic nitrogens is 3. The smallest absolute Gasteiger partial charge is 0.169 e. The highest BCUT2D eigenvalue weighted by Crippen LogP contribution is 2.37. The van der Waals surface area contributed by atoms with Crippen molar-refractivity contribution < 1.29 is 4.42 Å². The molecule has 39 heavy (non-hydrogen) atoms. The predicted molar refractivity (Wildman–Crippen MR) is 160 cm³/mol. The minimum atomic E-state index is 0.452. The molecule has 0 amide bonds.